The van der Waals surface area contributed by atoms with Gasteiger partial charge in [-0.3, -0.25) is 0 Å². The molecule has 6 heteroatoms. The van der Waals surface area contributed by atoms with E-state index in [1.165, 1.54) is 12.1 Å². The molecule has 1 aliphatic rings. The summed E-state index contributed by atoms with van der Waals surface area (Å²) in [7, 11) is 0. The first kappa shape index (κ1) is 13.2. The fourth-order valence-electron chi connectivity index (χ4n) is 2.49. The summed E-state index contributed by atoms with van der Waals surface area (Å²) in [6.45, 7) is 1.21. The Balaban J connectivity index is 1.54. The van der Waals surface area contributed by atoms with Gasteiger partial charge in [0.2, 0.25) is 0 Å². The van der Waals surface area contributed by atoms with Crippen molar-refractivity contribution >= 4 is 0 Å². The molecular weight excluding hydrogens is 259 g/mol. The maximum Gasteiger partial charge on any atom is 0.138 e. The van der Waals surface area contributed by atoms with E-state index >= 15 is 0 Å². The lowest BCUT2D eigenvalue weighted by molar-refractivity contribution is 0.165. The van der Waals surface area contributed by atoms with Gasteiger partial charge in [-0.05, 0) is 24.1 Å². The topological polar surface area (TPSA) is 63.0 Å². The minimum Gasteiger partial charge on any atom is -0.387 e. The molecule has 0 spiro atoms. The Morgan fingerprint density at radius 2 is 2.20 bits per heavy atom. The molecule has 0 radical (unpaired) electrons. The standard InChI is InChI=1S/C14H17FN4O/c15-11-3-1-10(2-4-11)13(20)7-16-12-5-6-14-17-9-18-19(14)8-12/h1-4,9,12-13,16,20H,5-8H2/t12-,13-/m0/s1. The highest BCUT2D eigenvalue weighted by atomic mass is 19.1. The van der Waals surface area contributed by atoms with E-state index in [0.717, 1.165) is 30.8 Å². The van der Waals surface area contributed by atoms with Gasteiger partial charge in [0, 0.05) is 19.0 Å². The van der Waals surface area contributed by atoms with Crippen LogP contribution in [0.2, 0.25) is 0 Å². The second kappa shape index (κ2) is 5.68. The number of aromatic nitrogens is 3. The van der Waals surface area contributed by atoms with E-state index in [-0.39, 0.29) is 11.9 Å². The van der Waals surface area contributed by atoms with Gasteiger partial charge in [0.25, 0.3) is 0 Å². The third-order valence-electron chi connectivity index (χ3n) is 3.66. The predicted molar refractivity (Wildman–Crippen MR) is 71.5 cm³/mol. The predicted octanol–water partition coefficient (Wildman–Crippen LogP) is 1.06. The number of benzene rings is 1. The maximum atomic E-state index is 12.8. The van der Waals surface area contributed by atoms with E-state index in [1.54, 1.807) is 18.5 Å². The summed E-state index contributed by atoms with van der Waals surface area (Å²) in [6, 6.07) is 6.22. The summed E-state index contributed by atoms with van der Waals surface area (Å²) < 4.78 is 14.7. The number of nitrogens with one attached hydrogen (secondary N) is 1. The summed E-state index contributed by atoms with van der Waals surface area (Å²) in [5.41, 5.74) is 0.719. The van der Waals surface area contributed by atoms with Gasteiger partial charge in [0.1, 0.15) is 18.0 Å². The van der Waals surface area contributed by atoms with Gasteiger partial charge >= 0.3 is 0 Å². The van der Waals surface area contributed by atoms with E-state index in [0.29, 0.717) is 6.54 Å². The van der Waals surface area contributed by atoms with Crippen LogP contribution in [0.4, 0.5) is 4.39 Å². The first-order chi connectivity index (χ1) is 9.72. The Hall–Kier alpha value is -1.79. The normalized spacial score (nSPS) is 19.6. The summed E-state index contributed by atoms with van der Waals surface area (Å²) >= 11 is 0. The van der Waals surface area contributed by atoms with Gasteiger partial charge in [0.05, 0.1) is 12.6 Å². The van der Waals surface area contributed by atoms with Crippen LogP contribution in [-0.2, 0) is 13.0 Å². The number of rotatable bonds is 4. The van der Waals surface area contributed by atoms with Crippen molar-refractivity contribution in [3.05, 3.63) is 47.8 Å². The summed E-state index contributed by atoms with van der Waals surface area (Å²) in [4.78, 5) is 4.18. The average molecular weight is 276 g/mol. The zero-order valence-corrected chi connectivity index (χ0v) is 11.0. The number of nitrogens with zero attached hydrogens (tertiary/aromatic N) is 3. The molecule has 0 fully saturated rings. The molecule has 20 heavy (non-hydrogen) atoms. The van der Waals surface area contributed by atoms with Crippen LogP contribution in [0.5, 0.6) is 0 Å². The molecule has 5 nitrogen and oxygen atoms in total. The quantitative estimate of drug-likeness (QED) is 0.876. The van der Waals surface area contributed by atoms with Gasteiger partial charge in [-0.25, -0.2) is 14.1 Å². The molecule has 0 saturated carbocycles. The van der Waals surface area contributed by atoms with Crippen LogP contribution in [0.3, 0.4) is 0 Å². The van der Waals surface area contributed by atoms with E-state index < -0.39 is 6.10 Å². The number of aryl methyl sites for hydroxylation is 1. The lowest BCUT2D eigenvalue weighted by atomic mass is 10.1. The monoisotopic (exact) mass is 276 g/mol. The van der Waals surface area contributed by atoms with Gasteiger partial charge in [-0.2, -0.15) is 5.10 Å². The van der Waals surface area contributed by atoms with E-state index in [9.17, 15) is 9.50 Å². The van der Waals surface area contributed by atoms with Crippen LogP contribution in [0.1, 0.15) is 23.9 Å². The Bertz CT molecular complexity index is 569. The van der Waals surface area contributed by atoms with E-state index in [4.69, 9.17) is 0 Å². The molecule has 0 saturated heterocycles. The van der Waals surface area contributed by atoms with E-state index in [1.807, 2.05) is 4.68 Å². The summed E-state index contributed by atoms with van der Waals surface area (Å²) in [5, 5.41) is 17.6. The third kappa shape index (κ3) is 2.86. The van der Waals surface area contributed by atoms with Gasteiger partial charge in [-0.1, -0.05) is 12.1 Å². The SMILES string of the molecule is O[C@@H](CN[C@H]1CCc2ncnn2C1)c1ccc(F)cc1. The molecule has 2 atom stereocenters. The molecule has 0 aliphatic carbocycles. The van der Waals surface area contributed by atoms with Crippen LogP contribution in [0.15, 0.2) is 30.6 Å². The van der Waals surface area contributed by atoms with Crippen molar-refractivity contribution in [3.8, 4) is 0 Å². The van der Waals surface area contributed by atoms with Crippen molar-refractivity contribution in [1.29, 1.82) is 0 Å². The highest BCUT2D eigenvalue weighted by Gasteiger charge is 2.20. The highest BCUT2D eigenvalue weighted by Crippen LogP contribution is 2.15. The van der Waals surface area contributed by atoms with Crippen LogP contribution in [0, 0.1) is 5.82 Å². The molecule has 0 unspecified atom stereocenters. The largest absolute Gasteiger partial charge is 0.387 e. The molecule has 2 N–H and O–H groups in total. The summed E-state index contributed by atoms with van der Waals surface area (Å²) in [6.07, 6.45) is 2.82. The van der Waals surface area contributed by atoms with Crippen LogP contribution < -0.4 is 5.32 Å². The second-order valence-electron chi connectivity index (χ2n) is 5.07. The molecule has 2 heterocycles. The Morgan fingerprint density at radius 3 is 3.00 bits per heavy atom. The van der Waals surface area contributed by atoms with Crippen molar-refractivity contribution in [2.24, 2.45) is 0 Å². The zero-order chi connectivity index (χ0) is 13.9. The molecule has 1 aromatic heterocycles. The van der Waals surface area contributed by atoms with Gasteiger partial charge in [0.15, 0.2) is 0 Å². The van der Waals surface area contributed by atoms with Crippen molar-refractivity contribution in [2.75, 3.05) is 6.54 Å². The van der Waals surface area contributed by atoms with Gasteiger partial charge in [-0.15, -0.1) is 0 Å². The number of hydrogen-bond donors (Lipinski definition) is 2. The third-order valence-corrected chi connectivity index (χ3v) is 3.66. The number of halogens is 1. The molecule has 106 valence electrons. The second-order valence-corrected chi connectivity index (χ2v) is 5.07. The molecule has 0 amide bonds. The van der Waals surface area contributed by atoms with Crippen molar-refractivity contribution in [3.63, 3.8) is 0 Å². The Labute approximate surface area is 116 Å². The molecule has 3 rings (SSSR count). The van der Waals surface area contributed by atoms with Crippen LogP contribution >= 0.6 is 0 Å². The first-order valence-corrected chi connectivity index (χ1v) is 6.76. The van der Waals surface area contributed by atoms with Crippen molar-refractivity contribution < 1.29 is 9.50 Å². The Morgan fingerprint density at radius 1 is 1.40 bits per heavy atom. The number of aliphatic hydroxyl groups excluding tert-OH is 1. The average Bonchev–Trinajstić information content (AvgIpc) is 2.93. The molecule has 1 aliphatic heterocycles. The van der Waals surface area contributed by atoms with Crippen molar-refractivity contribution in [1.82, 2.24) is 20.1 Å². The van der Waals surface area contributed by atoms with Crippen LogP contribution in [-0.4, -0.2) is 32.5 Å². The van der Waals surface area contributed by atoms with Crippen molar-refractivity contribution in [2.45, 2.75) is 31.5 Å². The smallest absolute Gasteiger partial charge is 0.138 e. The Kier molecular flexibility index (Phi) is 3.75. The zero-order valence-electron chi connectivity index (χ0n) is 11.0. The molecular formula is C14H17FN4O. The fourth-order valence-corrected chi connectivity index (χ4v) is 2.49. The first-order valence-electron chi connectivity index (χ1n) is 6.76. The van der Waals surface area contributed by atoms with E-state index in [2.05, 4.69) is 15.4 Å². The molecule has 2 aromatic rings. The van der Waals surface area contributed by atoms with Crippen LogP contribution in [0.25, 0.3) is 0 Å². The minimum atomic E-state index is -0.632. The lowest BCUT2D eigenvalue weighted by Gasteiger charge is -2.25. The number of fused-ring (bicyclic) bond motifs is 1. The molecule has 1 aromatic carbocycles. The number of aliphatic hydroxyl groups is 1. The molecule has 0 bridgehead atoms. The highest BCUT2D eigenvalue weighted by molar-refractivity contribution is 5.18. The maximum absolute atomic E-state index is 12.8. The lowest BCUT2D eigenvalue weighted by Crippen LogP contribution is -2.39. The number of hydrogen-bond acceptors (Lipinski definition) is 4. The summed E-state index contributed by atoms with van der Waals surface area (Å²) in [5.74, 6) is 0.724. The van der Waals surface area contributed by atoms with Gasteiger partial charge < -0.3 is 10.4 Å². The minimum absolute atomic E-state index is 0.277. The fraction of sp³-hybridized carbons (Fsp3) is 0.429.